The maximum Gasteiger partial charge on any atom is 0.0509 e. The minimum Gasteiger partial charge on any atom is -0.321 e. The molecule has 0 unspecified atom stereocenters. The van der Waals surface area contributed by atoms with E-state index in [9.17, 15) is 0 Å². The second-order valence-electron chi connectivity index (χ2n) is 5.60. The third kappa shape index (κ3) is 1.61. The Bertz CT molecular complexity index is 302. The summed E-state index contributed by atoms with van der Waals surface area (Å²) in [5.41, 5.74) is 6.78. The molecule has 0 amide bonds. The molecule has 2 rings (SSSR count). The molecule has 1 nitrogen and oxygen atoms in total. The van der Waals surface area contributed by atoms with Gasteiger partial charge in [0, 0.05) is 4.88 Å². The van der Waals surface area contributed by atoms with Crippen LogP contribution in [0.5, 0.6) is 0 Å². The van der Waals surface area contributed by atoms with Crippen molar-refractivity contribution in [3.05, 3.63) is 22.4 Å². The van der Waals surface area contributed by atoms with Crippen LogP contribution in [0.4, 0.5) is 0 Å². The highest BCUT2D eigenvalue weighted by molar-refractivity contribution is 7.10. The van der Waals surface area contributed by atoms with Crippen LogP contribution in [0.1, 0.15) is 38.5 Å². The summed E-state index contributed by atoms with van der Waals surface area (Å²) in [7, 11) is 0. The van der Waals surface area contributed by atoms with E-state index in [4.69, 9.17) is 5.73 Å². The molecule has 2 heteroatoms. The van der Waals surface area contributed by atoms with Crippen molar-refractivity contribution < 1.29 is 0 Å². The first kappa shape index (κ1) is 10.2. The van der Waals surface area contributed by atoms with Crippen LogP contribution in [0.25, 0.3) is 0 Å². The number of rotatable bonds is 1. The van der Waals surface area contributed by atoms with Gasteiger partial charge in [0.25, 0.3) is 0 Å². The SMILES string of the molecule is CC(C)(C)C1CC(N)(c2cccs2)C1. The van der Waals surface area contributed by atoms with Gasteiger partial charge in [0.15, 0.2) is 0 Å². The smallest absolute Gasteiger partial charge is 0.0509 e. The lowest BCUT2D eigenvalue weighted by Gasteiger charge is -2.50. The van der Waals surface area contributed by atoms with Crippen molar-refractivity contribution in [1.82, 2.24) is 0 Å². The zero-order chi connectivity index (χ0) is 10.4. The number of thiophene rings is 1. The Morgan fingerprint density at radius 1 is 1.43 bits per heavy atom. The molecule has 0 spiro atoms. The van der Waals surface area contributed by atoms with Crippen LogP contribution in [0.3, 0.4) is 0 Å². The molecule has 1 aromatic heterocycles. The fourth-order valence-corrected chi connectivity index (χ4v) is 3.06. The minimum absolute atomic E-state index is 0.00782. The minimum atomic E-state index is -0.00782. The maximum absolute atomic E-state index is 6.37. The molecule has 1 heterocycles. The lowest BCUT2D eigenvalue weighted by molar-refractivity contribution is 0.0511. The number of hydrogen-bond donors (Lipinski definition) is 1. The Hall–Kier alpha value is -0.340. The van der Waals surface area contributed by atoms with Crippen molar-refractivity contribution in [2.45, 2.75) is 39.2 Å². The Morgan fingerprint density at radius 2 is 2.07 bits per heavy atom. The van der Waals surface area contributed by atoms with Crippen LogP contribution in [0, 0.1) is 11.3 Å². The van der Waals surface area contributed by atoms with Crippen LogP contribution in [0.15, 0.2) is 17.5 Å². The molecule has 1 saturated carbocycles. The summed E-state index contributed by atoms with van der Waals surface area (Å²) in [6.45, 7) is 6.93. The Morgan fingerprint density at radius 3 is 2.50 bits per heavy atom. The quantitative estimate of drug-likeness (QED) is 0.754. The fourth-order valence-electron chi connectivity index (χ4n) is 2.20. The first-order chi connectivity index (χ1) is 6.42. The van der Waals surface area contributed by atoms with Crippen molar-refractivity contribution >= 4 is 11.3 Å². The summed E-state index contributed by atoms with van der Waals surface area (Å²) >= 11 is 1.79. The molecule has 0 saturated heterocycles. The van der Waals surface area contributed by atoms with E-state index >= 15 is 0 Å². The summed E-state index contributed by atoms with van der Waals surface area (Å²) in [4.78, 5) is 1.36. The van der Waals surface area contributed by atoms with Crippen molar-refractivity contribution in [3.63, 3.8) is 0 Å². The molecule has 1 aliphatic rings. The molecule has 1 fully saturated rings. The molecule has 1 aliphatic carbocycles. The summed E-state index contributed by atoms with van der Waals surface area (Å²) in [5.74, 6) is 0.787. The van der Waals surface area contributed by atoms with Gasteiger partial charge in [0.05, 0.1) is 5.54 Å². The van der Waals surface area contributed by atoms with Gasteiger partial charge in [-0.15, -0.1) is 11.3 Å². The Balaban J connectivity index is 2.06. The van der Waals surface area contributed by atoms with E-state index in [0.29, 0.717) is 5.41 Å². The van der Waals surface area contributed by atoms with Crippen LogP contribution < -0.4 is 5.73 Å². The lowest BCUT2D eigenvalue weighted by atomic mass is 9.59. The van der Waals surface area contributed by atoms with Gasteiger partial charge >= 0.3 is 0 Å². The fraction of sp³-hybridized carbons (Fsp3) is 0.667. The van der Waals surface area contributed by atoms with Crippen LogP contribution >= 0.6 is 11.3 Å². The highest BCUT2D eigenvalue weighted by atomic mass is 32.1. The lowest BCUT2D eigenvalue weighted by Crippen LogP contribution is -2.52. The summed E-state index contributed by atoms with van der Waals surface area (Å²) in [5, 5.41) is 2.12. The number of nitrogens with two attached hydrogens (primary N) is 1. The van der Waals surface area contributed by atoms with E-state index in [1.165, 1.54) is 4.88 Å². The van der Waals surface area contributed by atoms with Crippen LogP contribution in [-0.4, -0.2) is 0 Å². The second kappa shape index (κ2) is 3.07. The third-order valence-electron chi connectivity index (χ3n) is 3.46. The van der Waals surface area contributed by atoms with Crippen molar-refractivity contribution in [2.24, 2.45) is 17.1 Å². The molecule has 14 heavy (non-hydrogen) atoms. The molecule has 0 aliphatic heterocycles. The van der Waals surface area contributed by atoms with Gasteiger partial charge in [-0.1, -0.05) is 26.8 Å². The van der Waals surface area contributed by atoms with E-state index in [1.54, 1.807) is 11.3 Å². The first-order valence-corrected chi connectivity index (χ1v) is 6.13. The normalized spacial score (nSPS) is 32.7. The topological polar surface area (TPSA) is 26.0 Å². The van der Waals surface area contributed by atoms with Crippen molar-refractivity contribution in [2.75, 3.05) is 0 Å². The molecule has 0 radical (unpaired) electrons. The standard InChI is InChI=1S/C12H19NS/c1-11(2,3)9-7-12(13,8-9)10-5-4-6-14-10/h4-6,9H,7-8,13H2,1-3H3. The third-order valence-corrected chi connectivity index (χ3v) is 4.55. The summed E-state index contributed by atoms with van der Waals surface area (Å²) in [6.07, 6.45) is 2.30. The molecular formula is C12H19NS. The van der Waals surface area contributed by atoms with E-state index in [2.05, 4.69) is 38.3 Å². The average Bonchev–Trinajstić information content (AvgIpc) is 2.48. The van der Waals surface area contributed by atoms with Crippen molar-refractivity contribution in [3.8, 4) is 0 Å². The molecule has 1 aromatic rings. The maximum atomic E-state index is 6.37. The molecule has 78 valence electrons. The van der Waals surface area contributed by atoms with Gasteiger partial charge in [-0.25, -0.2) is 0 Å². The Kier molecular flexibility index (Phi) is 2.24. The summed E-state index contributed by atoms with van der Waals surface area (Å²) < 4.78 is 0. The van der Waals surface area contributed by atoms with E-state index < -0.39 is 0 Å². The number of hydrogen-bond acceptors (Lipinski definition) is 2. The van der Waals surface area contributed by atoms with Gasteiger partial charge in [0.1, 0.15) is 0 Å². The van der Waals surface area contributed by atoms with Crippen LogP contribution in [0.2, 0.25) is 0 Å². The zero-order valence-electron chi connectivity index (χ0n) is 9.21. The van der Waals surface area contributed by atoms with Gasteiger partial charge in [-0.05, 0) is 35.6 Å². The van der Waals surface area contributed by atoms with E-state index in [-0.39, 0.29) is 5.54 Å². The molecular weight excluding hydrogens is 190 g/mol. The van der Waals surface area contributed by atoms with Gasteiger partial charge < -0.3 is 5.73 Å². The van der Waals surface area contributed by atoms with Gasteiger partial charge in [-0.3, -0.25) is 0 Å². The predicted molar refractivity (Wildman–Crippen MR) is 62.4 cm³/mol. The highest BCUT2D eigenvalue weighted by Gasteiger charge is 2.47. The largest absolute Gasteiger partial charge is 0.321 e. The van der Waals surface area contributed by atoms with Gasteiger partial charge in [-0.2, -0.15) is 0 Å². The van der Waals surface area contributed by atoms with Crippen LogP contribution in [-0.2, 0) is 5.54 Å². The Labute approximate surface area is 90.3 Å². The predicted octanol–water partition coefficient (Wildman–Crippen LogP) is 3.36. The molecule has 2 N–H and O–H groups in total. The summed E-state index contributed by atoms with van der Waals surface area (Å²) in [6, 6.07) is 4.27. The highest BCUT2D eigenvalue weighted by Crippen LogP contribution is 2.52. The molecule has 0 aromatic carbocycles. The second-order valence-corrected chi connectivity index (χ2v) is 6.55. The van der Waals surface area contributed by atoms with E-state index in [0.717, 1.165) is 18.8 Å². The zero-order valence-corrected chi connectivity index (χ0v) is 10.0. The van der Waals surface area contributed by atoms with Crippen molar-refractivity contribution in [1.29, 1.82) is 0 Å². The van der Waals surface area contributed by atoms with Gasteiger partial charge in [0.2, 0.25) is 0 Å². The monoisotopic (exact) mass is 209 g/mol. The average molecular weight is 209 g/mol. The van der Waals surface area contributed by atoms with E-state index in [1.807, 2.05) is 0 Å². The molecule has 0 bridgehead atoms. The first-order valence-electron chi connectivity index (χ1n) is 5.25. The molecule has 0 atom stereocenters.